The van der Waals surface area contributed by atoms with Gasteiger partial charge in [-0.3, -0.25) is 9.59 Å². The second kappa shape index (κ2) is 8.86. The van der Waals surface area contributed by atoms with E-state index in [1.165, 1.54) is 19.4 Å². The van der Waals surface area contributed by atoms with E-state index in [0.29, 0.717) is 0 Å². The van der Waals surface area contributed by atoms with Crippen LogP contribution in [0.15, 0.2) is 42.4 Å². The van der Waals surface area contributed by atoms with Gasteiger partial charge in [0.1, 0.15) is 18.0 Å². The number of carbonyl (C=O) groups is 2. The summed E-state index contributed by atoms with van der Waals surface area (Å²) in [6.45, 7) is 0. The number of alkyl halides is 3. The first-order valence-corrected chi connectivity index (χ1v) is 9.21. The smallest absolute Gasteiger partial charge is 0.416 e. The number of ether oxygens (including phenoxy) is 2. The molecule has 3 atom stereocenters. The van der Waals surface area contributed by atoms with E-state index in [9.17, 15) is 27.2 Å². The average Bonchev–Trinajstić information content (AvgIpc) is 2.68. The lowest BCUT2D eigenvalue weighted by molar-refractivity contribution is -0.137. The minimum Gasteiger partial charge on any atom is -0.487 e. The molecule has 2 N–H and O–H groups in total. The highest BCUT2D eigenvalue weighted by Gasteiger charge is 2.34. The summed E-state index contributed by atoms with van der Waals surface area (Å²) < 4.78 is 64.0. The zero-order chi connectivity index (χ0) is 21.9. The van der Waals surface area contributed by atoms with Gasteiger partial charge in [-0.25, -0.2) is 4.39 Å². The Balaban J connectivity index is 1.88. The second-order valence-electron chi connectivity index (χ2n) is 6.93. The highest BCUT2D eigenvalue weighted by atomic mass is 19.4. The van der Waals surface area contributed by atoms with E-state index in [1.807, 2.05) is 0 Å². The molecule has 1 aromatic carbocycles. The third-order valence-corrected chi connectivity index (χ3v) is 4.78. The molecule has 0 fully saturated rings. The van der Waals surface area contributed by atoms with Crippen molar-refractivity contribution in [3.8, 4) is 5.75 Å². The standard InChI is InChI=1S/C20H20F4N2O4/c1-29-17-9-12(21)3-5-15(17)30-16-8-11(20(22,23)24)2-4-14(16)19(28)26-13-6-7-25-18(27)10-13/h2,4,6-9,13,15,17H,3,5,10H2,1H3,(H,25,27)(H,26,28). The molecular formula is C20H20F4N2O4. The molecule has 0 aromatic heterocycles. The molecule has 1 aromatic rings. The Hall–Kier alpha value is -2.88. The molecule has 2 aliphatic rings. The van der Waals surface area contributed by atoms with Gasteiger partial charge >= 0.3 is 6.18 Å². The molecule has 3 unspecified atom stereocenters. The molecular weight excluding hydrogens is 408 g/mol. The summed E-state index contributed by atoms with van der Waals surface area (Å²) in [5.41, 5.74) is -1.12. The first-order valence-electron chi connectivity index (χ1n) is 9.21. The van der Waals surface area contributed by atoms with Crippen LogP contribution in [0, 0.1) is 0 Å². The molecule has 30 heavy (non-hydrogen) atoms. The largest absolute Gasteiger partial charge is 0.487 e. The third-order valence-electron chi connectivity index (χ3n) is 4.78. The average molecular weight is 428 g/mol. The van der Waals surface area contributed by atoms with Crippen LogP contribution in [0.5, 0.6) is 5.75 Å². The van der Waals surface area contributed by atoms with Gasteiger partial charge in [0.15, 0.2) is 0 Å². The highest BCUT2D eigenvalue weighted by molar-refractivity contribution is 5.97. The van der Waals surface area contributed by atoms with Crippen molar-refractivity contribution in [2.75, 3.05) is 7.11 Å². The van der Waals surface area contributed by atoms with Crippen molar-refractivity contribution >= 4 is 11.8 Å². The number of methoxy groups -OCH3 is 1. The van der Waals surface area contributed by atoms with Crippen LogP contribution in [-0.4, -0.2) is 37.2 Å². The Labute approximate surface area is 169 Å². The van der Waals surface area contributed by atoms with Crippen LogP contribution in [0.1, 0.15) is 35.2 Å². The Kier molecular flexibility index (Phi) is 6.45. The van der Waals surface area contributed by atoms with Crippen molar-refractivity contribution in [3.05, 3.63) is 53.5 Å². The minimum atomic E-state index is -4.64. The van der Waals surface area contributed by atoms with Gasteiger partial charge in [-0.2, -0.15) is 13.2 Å². The van der Waals surface area contributed by atoms with E-state index in [4.69, 9.17) is 9.47 Å². The van der Waals surface area contributed by atoms with Crippen molar-refractivity contribution in [3.63, 3.8) is 0 Å². The Bertz CT molecular complexity index is 882. The third kappa shape index (κ3) is 5.18. The second-order valence-corrected chi connectivity index (χ2v) is 6.93. The summed E-state index contributed by atoms with van der Waals surface area (Å²) in [6.07, 6.45) is -1.87. The molecule has 0 bridgehead atoms. The normalized spacial score (nSPS) is 24.1. The number of halogens is 4. The summed E-state index contributed by atoms with van der Waals surface area (Å²) >= 11 is 0. The first-order chi connectivity index (χ1) is 14.2. The predicted molar refractivity (Wildman–Crippen MR) is 98.2 cm³/mol. The van der Waals surface area contributed by atoms with Crippen molar-refractivity contribution < 1.29 is 36.6 Å². The van der Waals surface area contributed by atoms with Gasteiger partial charge in [-0.05, 0) is 36.8 Å². The van der Waals surface area contributed by atoms with Crippen LogP contribution in [0.4, 0.5) is 17.6 Å². The number of hydrogen-bond acceptors (Lipinski definition) is 4. The SMILES string of the molecule is COC1C=C(F)CCC1Oc1cc(C(F)(F)F)ccc1C(=O)NC1C=CNC(=O)C1. The van der Waals surface area contributed by atoms with E-state index in [2.05, 4.69) is 10.6 Å². The van der Waals surface area contributed by atoms with Crippen LogP contribution < -0.4 is 15.4 Å². The van der Waals surface area contributed by atoms with Gasteiger partial charge in [0.25, 0.3) is 5.91 Å². The molecule has 0 radical (unpaired) electrons. The Morgan fingerprint density at radius 1 is 1.30 bits per heavy atom. The topological polar surface area (TPSA) is 76.7 Å². The molecule has 0 saturated heterocycles. The van der Waals surface area contributed by atoms with Gasteiger partial charge in [0, 0.05) is 19.7 Å². The summed E-state index contributed by atoms with van der Waals surface area (Å²) in [7, 11) is 1.33. The maximum atomic E-state index is 13.5. The van der Waals surface area contributed by atoms with Crippen LogP contribution in [0.25, 0.3) is 0 Å². The predicted octanol–water partition coefficient (Wildman–Crippen LogP) is 3.25. The van der Waals surface area contributed by atoms with Crippen LogP contribution in [-0.2, 0) is 15.7 Å². The van der Waals surface area contributed by atoms with Gasteiger partial charge < -0.3 is 20.1 Å². The fourth-order valence-corrected chi connectivity index (χ4v) is 3.24. The summed E-state index contributed by atoms with van der Waals surface area (Å²) in [6, 6.07) is 1.92. The fraction of sp³-hybridized carbons (Fsp3) is 0.400. The molecule has 162 valence electrons. The molecule has 0 saturated carbocycles. The van der Waals surface area contributed by atoms with E-state index < -0.39 is 41.7 Å². The van der Waals surface area contributed by atoms with E-state index in [-0.39, 0.29) is 36.5 Å². The maximum Gasteiger partial charge on any atom is 0.416 e. The highest BCUT2D eigenvalue weighted by Crippen LogP contribution is 2.35. The minimum absolute atomic E-state index is 0.00247. The van der Waals surface area contributed by atoms with Crippen molar-refractivity contribution in [1.29, 1.82) is 0 Å². The number of nitrogens with one attached hydrogen (secondary N) is 2. The number of hydrogen-bond donors (Lipinski definition) is 2. The van der Waals surface area contributed by atoms with Crippen molar-refractivity contribution in [2.24, 2.45) is 0 Å². The van der Waals surface area contributed by atoms with Crippen molar-refractivity contribution in [2.45, 2.75) is 43.7 Å². The molecule has 1 aliphatic heterocycles. The number of amides is 2. The van der Waals surface area contributed by atoms with Gasteiger partial charge in [0.05, 0.1) is 29.4 Å². The molecule has 10 heteroatoms. The molecule has 6 nitrogen and oxygen atoms in total. The monoisotopic (exact) mass is 428 g/mol. The summed E-state index contributed by atoms with van der Waals surface area (Å²) in [5.74, 6) is -1.69. The number of rotatable bonds is 5. The van der Waals surface area contributed by atoms with Gasteiger partial charge in [-0.1, -0.05) is 0 Å². The fourth-order valence-electron chi connectivity index (χ4n) is 3.24. The molecule has 3 rings (SSSR count). The Morgan fingerprint density at radius 3 is 2.73 bits per heavy atom. The van der Waals surface area contributed by atoms with Crippen LogP contribution in [0.2, 0.25) is 0 Å². The quantitative estimate of drug-likeness (QED) is 0.706. The number of carbonyl (C=O) groups excluding carboxylic acids is 2. The molecule has 0 spiro atoms. The lowest BCUT2D eigenvalue weighted by atomic mass is 10.00. The zero-order valence-electron chi connectivity index (χ0n) is 16.0. The molecule has 1 heterocycles. The van der Waals surface area contributed by atoms with E-state index >= 15 is 0 Å². The van der Waals surface area contributed by atoms with Gasteiger partial charge in [0.2, 0.25) is 5.91 Å². The van der Waals surface area contributed by atoms with E-state index in [1.54, 1.807) is 6.08 Å². The maximum absolute atomic E-state index is 13.5. The Morgan fingerprint density at radius 2 is 2.07 bits per heavy atom. The van der Waals surface area contributed by atoms with E-state index in [0.717, 1.165) is 18.2 Å². The number of benzene rings is 1. The van der Waals surface area contributed by atoms with Crippen LogP contribution >= 0.6 is 0 Å². The lowest BCUT2D eigenvalue weighted by Crippen LogP contribution is -2.40. The van der Waals surface area contributed by atoms with Gasteiger partial charge in [-0.15, -0.1) is 0 Å². The summed E-state index contributed by atoms with van der Waals surface area (Å²) in [5, 5.41) is 5.04. The van der Waals surface area contributed by atoms with Crippen LogP contribution in [0.3, 0.4) is 0 Å². The van der Waals surface area contributed by atoms with Crippen molar-refractivity contribution in [1.82, 2.24) is 10.6 Å². The lowest BCUT2D eigenvalue weighted by Gasteiger charge is -2.29. The molecule has 1 aliphatic carbocycles. The zero-order valence-corrected chi connectivity index (χ0v) is 16.0. The summed E-state index contributed by atoms with van der Waals surface area (Å²) in [4.78, 5) is 24.2. The number of allylic oxidation sites excluding steroid dienone is 1. The molecule has 2 amide bonds. The first kappa shape index (κ1) is 21.8.